The molecule has 198 valence electrons. The Morgan fingerprint density at radius 2 is 1.92 bits per heavy atom. The van der Waals surface area contributed by atoms with Crippen molar-refractivity contribution in [1.82, 2.24) is 19.7 Å². The van der Waals surface area contributed by atoms with E-state index in [1.807, 2.05) is 36.1 Å². The Balaban J connectivity index is 1.40. The molecule has 9 heteroatoms. The van der Waals surface area contributed by atoms with Gasteiger partial charge in [0.1, 0.15) is 11.4 Å². The lowest BCUT2D eigenvalue weighted by molar-refractivity contribution is 0.108. The van der Waals surface area contributed by atoms with Gasteiger partial charge in [0.05, 0.1) is 25.3 Å². The molecule has 0 radical (unpaired) electrons. The van der Waals surface area contributed by atoms with Crippen LogP contribution in [0, 0.1) is 12.7 Å². The standard InChI is InChI=1S/C29H31FN4O4/c1-4-5-15-37-29(35)33-14-13-21(18-33)34-28-19(2)16-31-17-23(28)27(32-34)20-9-11-22(12-10-20)38-25-8-6-7-24(36-3)26(25)30/h6-12,16-17,21H,4-5,13-15,18H2,1-3H3. The molecule has 1 aliphatic heterocycles. The van der Waals surface area contributed by atoms with Crippen LogP contribution < -0.4 is 9.47 Å². The smallest absolute Gasteiger partial charge is 0.409 e. The van der Waals surface area contributed by atoms with E-state index in [9.17, 15) is 9.18 Å². The fourth-order valence-electron chi connectivity index (χ4n) is 4.76. The van der Waals surface area contributed by atoms with Crippen molar-refractivity contribution in [2.45, 2.75) is 39.2 Å². The van der Waals surface area contributed by atoms with Gasteiger partial charge in [-0.1, -0.05) is 19.4 Å². The Kier molecular flexibility index (Phi) is 7.44. The number of carbonyl (C=O) groups excluding carboxylic acids is 1. The average Bonchev–Trinajstić information content (AvgIpc) is 3.57. The summed E-state index contributed by atoms with van der Waals surface area (Å²) in [6.45, 7) is 5.70. The summed E-state index contributed by atoms with van der Waals surface area (Å²) in [6.07, 6.45) is 6.02. The van der Waals surface area contributed by atoms with E-state index in [1.54, 1.807) is 35.2 Å². The number of unbranched alkanes of at least 4 members (excludes halogenated alkanes) is 1. The Hall–Kier alpha value is -4.14. The van der Waals surface area contributed by atoms with Crippen molar-refractivity contribution in [3.63, 3.8) is 0 Å². The molecule has 2 aromatic carbocycles. The molecule has 8 nitrogen and oxygen atoms in total. The van der Waals surface area contributed by atoms with Crippen molar-refractivity contribution < 1.29 is 23.4 Å². The van der Waals surface area contributed by atoms with Crippen molar-refractivity contribution in [3.8, 4) is 28.5 Å². The summed E-state index contributed by atoms with van der Waals surface area (Å²) in [5.74, 6) is 0.154. The summed E-state index contributed by atoms with van der Waals surface area (Å²) in [7, 11) is 1.42. The van der Waals surface area contributed by atoms with Crippen molar-refractivity contribution in [1.29, 1.82) is 0 Å². The second kappa shape index (κ2) is 11.1. The van der Waals surface area contributed by atoms with E-state index < -0.39 is 5.82 Å². The number of amides is 1. The molecule has 3 heterocycles. The predicted octanol–water partition coefficient (Wildman–Crippen LogP) is 6.53. The summed E-state index contributed by atoms with van der Waals surface area (Å²) < 4.78 is 32.8. The zero-order chi connectivity index (χ0) is 26.6. The minimum Gasteiger partial charge on any atom is -0.494 e. The first kappa shape index (κ1) is 25.5. The molecule has 0 bridgehead atoms. The quantitative estimate of drug-likeness (QED) is 0.247. The van der Waals surface area contributed by atoms with E-state index in [0.717, 1.165) is 47.0 Å². The van der Waals surface area contributed by atoms with Crippen LogP contribution in [0.5, 0.6) is 17.2 Å². The third kappa shape index (κ3) is 5.01. The molecule has 0 N–H and O–H groups in total. The lowest BCUT2D eigenvalue weighted by Gasteiger charge is -2.17. The lowest BCUT2D eigenvalue weighted by Crippen LogP contribution is -2.30. The first-order chi connectivity index (χ1) is 18.5. The number of methoxy groups -OCH3 is 1. The zero-order valence-electron chi connectivity index (χ0n) is 21.8. The lowest BCUT2D eigenvalue weighted by atomic mass is 10.1. The van der Waals surface area contributed by atoms with Crippen molar-refractivity contribution in [2.75, 3.05) is 26.8 Å². The van der Waals surface area contributed by atoms with E-state index in [2.05, 4.69) is 11.9 Å². The van der Waals surface area contributed by atoms with Crippen molar-refractivity contribution in [2.24, 2.45) is 0 Å². The molecule has 0 saturated carbocycles. The Bertz CT molecular complexity index is 1440. The maximum Gasteiger partial charge on any atom is 0.409 e. The van der Waals surface area contributed by atoms with Crippen LogP contribution in [0.4, 0.5) is 9.18 Å². The van der Waals surface area contributed by atoms with Crippen LogP contribution in [0.2, 0.25) is 0 Å². The molecule has 5 rings (SSSR count). The SMILES string of the molecule is CCCCOC(=O)N1CCC(n2nc(-c3ccc(Oc4cccc(OC)c4F)cc3)c3cncc(C)c32)C1. The third-order valence-electron chi connectivity index (χ3n) is 6.79. The molecule has 1 atom stereocenters. The van der Waals surface area contributed by atoms with Gasteiger partial charge in [-0.25, -0.2) is 4.79 Å². The van der Waals surface area contributed by atoms with Gasteiger partial charge < -0.3 is 19.1 Å². The van der Waals surface area contributed by atoms with E-state index in [0.29, 0.717) is 25.4 Å². The highest BCUT2D eigenvalue weighted by Crippen LogP contribution is 2.35. The number of pyridine rings is 1. The van der Waals surface area contributed by atoms with Gasteiger partial charge in [-0.2, -0.15) is 9.49 Å². The van der Waals surface area contributed by atoms with Gasteiger partial charge in [-0.05, 0) is 61.7 Å². The van der Waals surface area contributed by atoms with Gasteiger partial charge >= 0.3 is 6.09 Å². The van der Waals surface area contributed by atoms with E-state index in [-0.39, 0.29) is 23.6 Å². The second-order valence-corrected chi connectivity index (χ2v) is 9.40. The molecular formula is C29H31FN4O4. The highest BCUT2D eigenvalue weighted by Gasteiger charge is 2.31. The van der Waals surface area contributed by atoms with Gasteiger partial charge in [-0.3, -0.25) is 9.67 Å². The number of likely N-dealkylation sites (tertiary alicyclic amines) is 1. The maximum absolute atomic E-state index is 14.5. The minimum absolute atomic E-state index is 0.0321. The zero-order valence-corrected chi connectivity index (χ0v) is 21.8. The van der Waals surface area contributed by atoms with E-state index in [1.165, 1.54) is 7.11 Å². The fourth-order valence-corrected chi connectivity index (χ4v) is 4.76. The number of aromatic nitrogens is 3. The highest BCUT2D eigenvalue weighted by atomic mass is 19.1. The van der Waals surface area contributed by atoms with E-state index >= 15 is 0 Å². The molecule has 38 heavy (non-hydrogen) atoms. The van der Waals surface area contributed by atoms with Crippen LogP contribution in [-0.4, -0.2) is 52.6 Å². The number of halogens is 1. The third-order valence-corrected chi connectivity index (χ3v) is 6.79. The van der Waals surface area contributed by atoms with Crippen LogP contribution >= 0.6 is 0 Å². The summed E-state index contributed by atoms with van der Waals surface area (Å²) in [5, 5.41) is 5.93. The molecule has 1 unspecified atom stereocenters. The molecule has 1 saturated heterocycles. The topological polar surface area (TPSA) is 78.7 Å². The van der Waals surface area contributed by atoms with Gasteiger partial charge in [0, 0.05) is 36.4 Å². The normalized spacial score (nSPS) is 15.2. The van der Waals surface area contributed by atoms with E-state index in [4.69, 9.17) is 19.3 Å². The second-order valence-electron chi connectivity index (χ2n) is 9.40. The average molecular weight is 519 g/mol. The highest BCUT2D eigenvalue weighted by molar-refractivity contribution is 5.94. The molecular weight excluding hydrogens is 487 g/mol. The number of nitrogens with zero attached hydrogens (tertiary/aromatic N) is 4. The number of carbonyl (C=O) groups is 1. The molecule has 2 aromatic heterocycles. The minimum atomic E-state index is -0.551. The maximum atomic E-state index is 14.5. The monoisotopic (exact) mass is 518 g/mol. The van der Waals surface area contributed by atoms with Crippen LogP contribution in [0.15, 0.2) is 54.9 Å². The Morgan fingerprint density at radius 1 is 1.13 bits per heavy atom. The summed E-state index contributed by atoms with van der Waals surface area (Å²) >= 11 is 0. The van der Waals surface area contributed by atoms with Gasteiger partial charge in [0.25, 0.3) is 0 Å². The van der Waals surface area contributed by atoms with Gasteiger partial charge in [0.2, 0.25) is 5.82 Å². The largest absolute Gasteiger partial charge is 0.494 e. The number of rotatable bonds is 8. The van der Waals surface area contributed by atoms with Crippen LogP contribution in [-0.2, 0) is 4.74 Å². The van der Waals surface area contributed by atoms with Gasteiger partial charge in [-0.15, -0.1) is 0 Å². The van der Waals surface area contributed by atoms with Crippen LogP contribution in [0.1, 0.15) is 37.8 Å². The molecule has 1 fully saturated rings. The molecule has 0 aliphatic carbocycles. The Morgan fingerprint density at radius 3 is 2.68 bits per heavy atom. The first-order valence-electron chi connectivity index (χ1n) is 12.9. The predicted molar refractivity (Wildman–Crippen MR) is 142 cm³/mol. The fraction of sp³-hybridized carbons (Fsp3) is 0.345. The number of benzene rings is 2. The van der Waals surface area contributed by atoms with Crippen molar-refractivity contribution in [3.05, 3.63) is 66.2 Å². The molecule has 1 amide bonds. The summed E-state index contributed by atoms with van der Waals surface area (Å²) in [5.41, 5.74) is 3.69. The summed E-state index contributed by atoms with van der Waals surface area (Å²) in [4.78, 5) is 18.7. The van der Waals surface area contributed by atoms with Crippen molar-refractivity contribution >= 4 is 17.0 Å². The Labute approximate surface area is 220 Å². The number of fused-ring (bicyclic) bond motifs is 1. The molecule has 4 aromatic rings. The molecule has 1 aliphatic rings. The van der Waals surface area contributed by atoms with Gasteiger partial charge in [0.15, 0.2) is 11.5 Å². The molecule has 0 spiro atoms. The number of hydrogen-bond acceptors (Lipinski definition) is 6. The number of hydrogen-bond donors (Lipinski definition) is 0. The van der Waals surface area contributed by atoms with Crippen LogP contribution in [0.25, 0.3) is 22.2 Å². The number of aryl methyl sites for hydroxylation is 1. The summed E-state index contributed by atoms with van der Waals surface area (Å²) in [6, 6.07) is 12.2. The first-order valence-corrected chi connectivity index (χ1v) is 12.9. The van der Waals surface area contributed by atoms with Crippen LogP contribution in [0.3, 0.4) is 0 Å². The number of ether oxygens (including phenoxy) is 3.